The molecule has 0 fully saturated rings. The van der Waals surface area contributed by atoms with Crippen LogP contribution in [0.3, 0.4) is 0 Å². The van der Waals surface area contributed by atoms with Gasteiger partial charge in [0.2, 0.25) is 0 Å². The molecule has 0 aliphatic heterocycles. The number of amides is 1. The smallest absolute Gasteiger partial charge is 0.251 e. The van der Waals surface area contributed by atoms with Crippen LogP contribution >= 0.6 is 0 Å². The summed E-state index contributed by atoms with van der Waals surface area (Å²) in [6, 6.07) is 9.35. The third-order valence-electron chi connectivity index (χ3n) is 5.89. The van der Waals surface area contributed by atoms with Crippen molar-refractivity contribution in [1.82, 2.24) is 30.0 Å². The second kappa shape index (κ2) is 10.5. The molecule has 10 nitrogen and oxygen atoms in total. The molecule has 0 saturated heterocycles. The number of nitrogens with one attached hydrogen (secondary N) is 2. The lowest BCUT2D eigenvalue weighted by atomic mass is 9.98. The first-order chi connectivity index (χ1) is 16.9. The summed E-state index contributed by atoms with van der Waals surface area (Å²) in [5.41, 5.74) is 4.72. The quantitative estimate of drug-likeness (QED) is 0.337. The van der Waals surface area contributed by atoms with Crippen molar-refractivity contribution >= 4 is 22.8 Å². The highest BCUT2D eigenvalue weighted by Crippen LogP contribution is 2.29. The van der Waals surface area contributed by atoms with Gasteiger partial charge in [0.05, 0.1) is 31.6 Å². The summed E-state index contributed by atoms with van der Waals surface area (Å²) in [6.07, 6.45) is 3.28. The molecular weight excluding hydrogens is 446 g/mol. The first kappa shape index (κ1) is 24.1. The summed E-state index contributed by atoms with van der Waals surface area (Å²) < 4.78 is 7.24. The van der Waals surface area contributed by atoms with Crippen LogP contribution in [0.25, 0.3) is 22.3 Å². The van der Waals surface area contributed by atoms with Crippen molar-refractivity contribution in [2.75, 3.05) is 32.6 Å². The van der Waals surface area contributed by atoms with Gasteiger partial charge in [0.25, 0.3) is 5.91 Å². The van der Waals surface area contributed by atoms with Gasteiger partial charge in [0.1, 0.15) is 17.9 Å². The molecule has 3 N–H and O–H groups in total. The lowest BCUT2D eigenvalue weighted by Gasteiger charge is -2.17. The van der Waals surface area contributed by atoms with Crippen LogP contribution in [0.2, 0.25) is 0 Å². The number of anilines is 1. The largest absolute Gasteiger partial charge is 0.496 e. The molecule has 0 radical (unpaired) electrons. The fourth-order valence-electron chi connectivity index (χ4n) is 3.99. The summed E-state index contributed by atoms with van der Waals surface area (Å²) >= 11 is 0. The van der Waals surface area contributed by atoms with Crippen molar-refractivity contribution in [3.05, 3.63) is 59.7 Å². The number of nitrogens with zero attached hydrogens (tertiary/aromatic N) is 5. The van der Waals surface area contributed by atoms with Crippen molar-refractivity contribution in [2.24, 2.45) is 0 Å². The number of aromatic nitrogens is 5. The van der Waals surface area contributed by atoms with Crippen molar-refractivity contribution < 1.29 is 14.6 Å². The average Bonchev–Trinajstić information content (AvgIpc) is 3.21. The van der Waals surface area contributed by atoms with Crippen molar-refractivity contribution in [3.8, 4) is 17.0 Å². The fourth-order valence-corrected chi connectivity index (χ4v) is 3.99. The van der Waals surface area contributed by atoms with E-state index in [2.05, 4.69) is 37.6 Å². The van der Waals surface area contributed by atoms with E-state index in [-0.39, 0.29) is 18.4 Å². The molecule has 35 heavy (non-hydrogen) atoms. The molecule has 1 amide bonds. The molecule has 4 aromatic rings. The highest BCUT2D eigenvalue weighted by molar-refractivity contribution is 5.94. The predicted octanol–water partition coefficient (Wildman–Crippen LogP) is 2.77. The van der Waals surface area contributed by atoms with E-state index in [9.17, 15) is 9.90 Å². The molecule has 4 rings (SSSR count). The van der Waals surface area contributed by atoms with E-state index in [1.54, 1.807) is 37.2 Å². The minimum absolute atomic E-state index is 0.00308. The van der Waals surface area contributed by atoms with Gasteiger partial charge in [0.15, 0.2) is 5.65 Å². The van der Waals surface area contributed by atoms with E-state index >= 15 is 0 Å². The van der Waals surface area contributed by atoms with E-state index in [4.69, 9.17) is 4.74 Å². The summed E-state index contributed by atoms with van der Waals surface area (Å²) in [4.78, 5) is 25.3. The Morgan fingerprint density at radius 1 is 1.20 bits per heavy atom. The number of methoxy groups -OCH3 is 1. The number of fused-ring (bicyclic) bond motifs is 1. The van der Waals surface area contributed by atoms with Gasteiger partial charge in [-0.3, -0.25) is 4.79 Å². The van der Waals surface area contributed by atoms with Crippen LogP contribution in [-0.4, -0.2) is 63.1 Å². The Bertz CT molecular complexity index is 1350. The van der Waals surface area contributed by atoms with Crippen LogP contribution in [0.4, 0.5) is 5.82 Å². The summed E-state index contributed by atoms with van der Waals surface area (Å²) in [5.74, 6) is 1.30. The van der Waals surface area contributed by atoms with E-state index in [0.29, 0.717) is 30.2 Å². The molecule has 0 saturated carbocycles. The number of hydrogen-bond acceptors (Lipinski definition) is 8. The van der Waals surface area contributed by atoms with Crippen LogP contribution in [0.5, 0.6) is 5.75 Å². The van der Waals surface area contributed by atoms with Crippen molar-refractivity contribution in [3.63, 3.8) is 0 Å². The molecule has 0 aliphatic rings. The van der Waals surface area contributed by atoms with Gasteiger partial charge in [-0.25, -0.2) is 19.6 Å². The highest BCUT2D eigenvalue weighted by atomic mass is 16.5. The average molecular weight is 476 g/mol. The van der Waals surface area contributed by atoms with E-state index in [1.807, 2.05) is 25.1 Å². The predicted molar refractivity (Wildman–Crippen MR) is 134 cm³/mol. The molecule has 0 bridgehead atoms. The topological polar surface area (TPSA) is 127 Å². The van der Waals surface area contributed by atoms with Gasteiger partial charge in [-0.1, -0.05) is 13.0 Å². The number of aliphatic hydroxyl groups is 1. The molecule has 10 heteroatoms. The zero-order valence-electron chi connectivity index (χ0n) is 20.2. The van der Waals surface area contributed by atoms with Crippen LogP contribution < -0.4 is 15.4 Å². The molecule has 1 atom stereocenters. The lowest BCUT2D eigenvalue weighted by molar-refractivity contribution is 0.0962. The summed E-state index contributed by atoms with van der Waals surface area (Å²) in [5, 5.41) is 20.6. The third kappa shape index (κ3) is 5.07. The zero-order valence-corrected chi connectivity index (χ0v) is 20.2. The number of benzene rings is 1. The molecule has 1 aromatic carbocycles. The maximum Gasteiger partial charge on any atom is 0.251 e. The highest BCUT2D eigenvalue weighted by Gasteiger charge is 2.15. The monoisotopic (exact) mass is 475 g/mol. The molecule has 3 heterocycles. The Morgan fingerprint density at radius 3 is 2.77 bits per heavy atom. The van der Waals surface area contributed by atoms with Gasteiger partial charge < -0.3 is 20.5 Å². The Labute approximate surface area is 203 Å². The third-order valence-corrected chi connectivity index (χ3v) is 5.89. The lowest BCUT2D eigenvalue weighted by Crippen LogP contribution is -2.18. The number of pyridine rings is 1. The van der Waals surface area contributed by atoms with Crippen LogP contribution in [-0.2, 0) is 6.54 Å². The van der Waals surface area contributed by atoms with E-state index in [0.717, 1.165) is 33.5 Å². The Kier molecular flexibility index (Phi) is 7.21. The Balaban J connectivity index is 1.51. The maximum absolute atomic E-state index is 11.9. The Morgan fingerprint density at radius 2 is 2.03 bits per heavy atom. The van der Waals surface area contributed by atoms with Gasteiger partial charge in [-0.05, 0) is 30.7 Å². The van der Waals surface area contributed by atoms with Crippen LogP contribution in [0.15, 0.2) is 42.9 Å². The SMILES string of the molecule is CNC(=O)c1ccc(C(C)CNc2cc(-c3cnc4c(c3)c(C)nn4CCO)ncn2)c(OC)c1. The van der Waals surface area contributed by atoms with Gasteiger partial charge in [-0.2, -0.15) is 5.10 Å². The number of ether oxygens (including phenoxy) is 1. The first-order valence-electron chi connectivity index (χ1n) is 11.4. The normalized spacial score (nSPS) is 11.9. The zero-order chi connectivity index (χ0) is 24.9. The fraction of sp³-hybridized carbons (Fsp3) is 0.320. The molecular formula is C25H29N7O3. The molecule has 0 spiro atoms. The number of rotatable bonds is 9. The van der Waals surface area contributed by atoms with Crippen LogP contribution in [0, 0.1) is 6.92 Å². The second-order valence-electron chi connectivity index (χ2n) is 8.23. The number of aryl methyl sites for hydroxylation is 1. The Hall–Kier alpha value is -4.05. The maximum atomic E-state index is 11.9. The number of aliphatic hydroxyl groups excluding tert-OH is 1. The summed E-state index contributed by atoms with van der Waals surface area (Å²) in [6.45, 7) is 5.01. The number of hydrogen-bond donors (Lipinski definition) is 3. The van der Waals surface area contributed by atoms with Crippen molar-refractivity contribution in [1.29, 1.82) is 0 Å². The standard InChI is InChI=1S/C25H29N7O3/c1-15(19-6-5-17(25(34)26-3)10-22(19)35-4)12-27-23-11-21(29-14-30-23)18-9-20-16(2)31-32(7-8-33)24(20)28-13-18/h5-6,9-11,13-15,33H,7-8,12H2,1-4H3,(H,26,34)(H,27,29,30). The first-order valence-corrected chi connectivity index (χ1v) is 11.4. The minimum atomic E-state index is -0.155. The van der Waals surface area contributed by atoms with Gasteiger partial charge in [0, 0.05) is 48.3 Å². The second-order valence-corrected chi connectivity index (χ2v) is 8.23. The van der Waals surface area contributed by atoms with E-state index in [1.165, 1.54) is 6.33 Å². The van der Waals surface area contributed by atoms with Gasteiger partial charge >= 0.3 is 0 Å². The molecule has 1 unspecified atom stereocenters. The van der Waals surface area contributed by atoms with Gasteiger partial charge in [-0.15, -0.1) is 0 Å². The van der Waals surface area contributed by atoms with E-state index < -0.39 is 0 Å². The van der Waals surface area contributed by atoms with Crippen LogP contribution in [0.1, 0.15) is 34.5 Å². The molecule has 182 valence electrons. The number of carbonyl (C=O) groups excluding carboxylic acids is 1. The molecule has 3 aromatic heterocycles. The summed E-state index contributed by atoms with van der Waals surface area (Å²) in [7, 11) is 3.20. The molecule has 0 aliphatic carbocycles. The van der Waals surface area contributed by atoms with Crippen molar-refractivity contribution in [2.45, 2.75) is 26.3 Å². The number of carbonyl (C=O) groups is 1. The minimum Gasteiger partial charge on any atom is -0.496 e.